The molecule has 0 unspecified atom stereocenters. The van der Waals surface area contributed by atoms with Crippen LogP contribution >= 0.6 is 12.2 Å². The molecule has 0 atom stereocenters. The maximum absolute atomic E-state index is 11.2. The summed E-state index contributed by atoms with van der Waals surface area (Å²) in [5.41, 5.74) is 1.77. The standard InChI is InChI=1S/C12H14N2O2S2/c15-18(16)7-6-11(9-18)14-12(17)13-8-10-4-2-1-3-5-10/h1-5,9H,6-8H2,(H2,13,14,17). The first-order valence-electron chi connectivity index (χ1n) is 5.57. The van der Waals surface area contributed by atoms with Crippen LogP contribution in [0.2, 0.25) is 0 Å². The van der Waals surface area contributed by atoms with E-state index < -0.39 is 9.84 Å². The zero-order valence-electron chi connectivity index (χ0n) is 9.72. The summed E-state index contributed by atoms with van der Waals surface area (Å²) >= 11 is 5.11. The van der Waals surface area contributed by atoms with Crippen LogP contribution in [0.15, 0.2) is 41.4 Å². The quantitative estimate of drug-likeness (QED) is 0.819. The van der Waals surface area contributed by atoms with Crippen LogP contribution in [0.1, 0.15) is 12.0 Å². The van der Waals surface area contributed by atoms with Gasteiger partial charge in [0.2, 0.25) is 0 Å². The fourth-order valence-electron chi connectivity index (χ4n) is 1.65. The molecule has 0 aliphatic carbocycles. The Bertz CT molecular complexity index is 565. The molecule has 2 rings (SSSR count). The van der Waals surface area contributed by atoms with E-state index in [9.17, 15) is 8.42 Å². The number of benzene rings is 1. The fourth-order valence-corrected chi connectivity index (χ4v) is 3.08. The molecular weight excluding hydrogens is 268 g/mol. The molecule has 1 aliphatic rings. The van der Waals surface area contributed by atoms with E-state index in [0.717, 1.165) is 5.56 Å². The smallest absolute Gasteiger partial charge is 0.173 e. The summed E-state index contributed by atoms with van der Waals surface area (Å²) in [5.74, 6) is 0.163. The summed E-state index contributed by atoms with van der Waals surface area (Å²) in [6.45, 7) is 0.618. The van der Waals surface area contributed by atoms with Crippen LogP contribution in [0.3, 0.4) is 0 Å². The lowest BCUT2D eigenvalue weighted by Crippen LogP contribution is -2.33. The molecule has 0 spiro atoms. The van der Waals surface area contributed by atoms with Crippen LogP contribution in [0.25, 0.3) is 0 Å². The monoisotopic (exact) mass is 282 g/mol. The third-order valence-corrected chi connectivity index (χ3v) is 4.21. The van der Waals surface area contributed by atoms with Crippen molar-refractivity contribution in [2.45, 2.75) is 13.0 Å². The minimum atomic E-state index is -3.02. The molecule has 2 N–H and O–H groups in total. The van der Waals surface area contributed by atoms with Gasteiger partial charge in [-0.1, -0.05) is 30.3 Å². The summed E-state index contributed by atoms with van der Waals surface area (Å²) < 4.78 is 22.4. The van der Waals surface area contributed by atoms with Gasteiger partial charge in [0.05, 0.1) is 11.2 Å². The molecule has 4 nitrogen and oxygen atoms in total. The third kappa shape index (κ3) is 3.82. The van der Waals surface area contributed by atoms with E-state index in [4.69, 9.17) is 12.2 Å². The largest absolute Gasteiger partial charge is 0.358 e. The van der Waals surface area contributed by atoms with Gasteiger partial charge >= 0.3 is 0 Å². The first-order valence-corrected chi connectivity index (χ1v) is 7.70. The van der Waals surface area contributed by atoms with Gasteiger partial charge in [0.15, 0.2) is 14.9 Å². The van der Waals surface area contributed by atoms with Crippen molar-refractivity contribution < 1.29 is 8.42 Å². The Morgan fingerprint density at radius 3 is 2.61 bits per heavy atom. The highest BCUT2D eigenvalue weighted by atomic mass is 32.2. The maximum Gasteiger partial charge on any atom is 0.173 e. The number of thiocarbonyl (C=S) groups is 1. The summed E-state index contributed by atoms with van der Waals surface area (Å²) in [5, 5.41) is 7.64. The second-order valence-corrected chi connectivity index (χ2v) is 6.43. The highest BCUT2D eigenvalue weighted by molar-refractivity contribution is 7.94. The van der Waals surface area contributed by atoms with E-state index in [0.29, 0.717) is 23.8 Å². The van der Waals surface area contributed by atoms with E-state index in [1.807, 2.05) is 30.3 Å². The molecule has 6 heteroatoms. The lowest BCUT2D eigenvalue weighted by molar-refractivity contribution is 0.606. The first kappa shape index (κ1) is 13.0. The lowest BCUT2D eigenvalue weighted by atomic mass is 10.2. The van der Waals surface area contributed by atoms with Gasteiger partial charge in [-0.25, -0.2) is 8.42 Å². The van der Waals surface area contributed by atoms with Crippen LogP contribution in [-0.2, 0) is 16.4 Å². The van der Waals surface area contributed by atoms with Crippen LogP contribution in [0, 0.1) is 0 Å². The van der Waals surface area contributed by atoms with Gasteiger partial charge in [-0.05, 0) is 17.8 Å². The van der Waals surface area contributed by atoms with E-state index in [2.05, 4.69) is 10.6 Å². The Hall–Kier alpha value is -1.40. The van der Waals surface area contributed by atoms with Gasteiger partial charge in [-0.3, -0.25) is 0 Å². The second kappa shape index (κ2) is 5.49. The average molecular weight is 282 g/mol. The van der Waals surface area contributed by atoms with E-state index >= 15 is 0 Å². The highest BCUT2D eigenvalue weighted by Crippen LogP contribution is 2.13. The molecule has 1 aromatic carbocycles. The molecule has 0 aromatic heterocycles. The number of rotatable bonds is 3. The maximum atomic E-state index is 11.2. The number of allylic oxidation sites excluding steroid dienone is 1. The van der Waals surface area contributed by atoms with Gasteiger partial charge in [0.25, 0.3) is 0 Å². The summed E-state index contributed by atoms with van der Waals surface area (Å²) in [7, 11) is -3.02. The predicted molar refractivity (Wildman–Crippen MR) is 75.5 cm³/mol. The Morgan fingerprint density at radius 1 is 1.28 bits per heavy atom. The molecule has 0 bridgehead atoms. The molecule has 1 heterocycles. The van der Waals surface area contributed by atoms with E-state index in [1.165, 1.54) is 5.41 Å². The fraction of sp³-hybridized carbons (Fsp3) is 0.250. The third-order valence-electron chi connectivity index (χ3n) is 2.55. The Balaban J connectivity index is 1.83. The normalized spacial score (nSPS) is 17.0. The van der Waals surface area contributed by atoms with E-state index in [1.54, 1.807) is 0 Å². The van der Waals surface area contributed by atoms with Crippen LogP contribution < -0.4 is 10.6 Å². The summed E-state index contributed by atoms with van der Waals surface area (Å²) in [6.07, 6.45) is 0.496. The molecular formula is C12H14N2O2S2. The first-order chi connectivity index (χ1) is 8.55. The highest BCUT2D eigenvalue weighted by Gasteiger charge is 2.18. The van der Waals surface area contributed by atoms with Crippen molar-refractivity contribution in [1.29, 1.82) is 0 Å². The Morgan fingerprint density at radius 2 is 2.00 bits per heavy atom. The van der Waals surface area contributed by atoms with Crippen molar-refractivity contribution in [3.63, 3.8) is 0 Å². The minimum Gasteiger partial charge on any atom is -0.358 e. The Labute approximate surface area is 112 Å². The number of hydrogen-bond donors (Lipinski definition) is 2. The van der Waals surface area contributed by atoms with Gasteiger partial charge in [0.1, 0.15) is 0 Å². The van der Waals surface area contributed by atoms with Crippen molar-refractivity contribution in [3.8, 4) is 0 Å². The van der Waals surface area contributed by atoms with Crippen LogP contribution in [-0.4, -0.2) is 19.3 Å². The molecule has 1 aliphatic heterocycles. The van der Waals surface area contributed by atoms with Gasteiger partial charge in [0, 0.05) is 18.7 Å². The predicted octanol–water partition coefficient (Wildman–Crippen LogP) is 1.31. The molecule has 0 radical (unpaired) electrons. The number of nitrogens with one attached hydrogen (secondary N) is 2. The number of sulfone groups is 1. The zero-order chi connectivity index (χ0) is 13.0. The minimum absolute atomic E-state index is 0.163. The van der Waals surface area contributed by atoms with Crippen molar-refractivity contribution >= 4 is 27.2 Å². The summed E-state index contributed by atoms with van der Waals surface area (Å²) in [4.78, 5) is 0. The molecule has 0 amide bonds. The van der Waals surface area contributed by atoms with Crippen LogP contribution in [0.4, 0.5) is 0 Å². The molecule has 18 heavy (non-hydrogen) atoms. The second-order valence-electron chi connectivity index (χ2n) is 4.05. The zero-order valence-corrected chi connectivity index (χ0v) is 11.4. The number of hydrogen-bond acceptors (Lipinski definition) is 3. The van der Waals surface area contributed by atoms with E-state index in [-0.39, 0.29) is 5.75 Å². The summed E-state index contributed by atoms with van der Waals surface area (Å²) in [6, 6.07) is 9.86. The molecule has 96 valence electrons. The molecule has 1 aromatic rings. The van der Waals surface area contributed by atoms with Crippen molar-refractivity contribution in [1.82, 2.24) is 10.6 Å². The topological polar surface area (TPSA) is 58.2 Å². The van der Waals surface area contributed by atoms with Crippen LogP contribution in [0.5, 0.6) is 0 Å². The lowest BCUT2D eigenvalue weighted by Gasteiger charge is -2.10. The van der Waals surface area contributed by atoms with Gasteiger partial charge < -0.3 is 10.6 Å². The average Bonchev–Trinajstić information content (AvgIpc) is 2.67. The SMILES string of the molecule is O=S1(=O)C=C(NC(=S)NCc2ccccc2)CC1. The molecule has 0 saturated carbocycles. The van der Waals surface area contributed by atoms with Crippen molar-refractivity contribution in [3.05, 3.63) is 47.0 Å². The van der Waals surface area contributed by atoms with Crippen molar-refractivity contribution in [2.24, 2.45) is 0 Å². The van der Waals surface area contributed by atoms with Crippen molar-refractivity contribution in [2.75, 3.05) is 5.75 Å². The molecule has 0 saturated heterocycles. The molecule has 0 fully saturated rings. The van der Waals surface area contributed by atoms with Gasteiger partial charge in [-0.15, -0.1) is 0 Å². The van der Waals surface area contributed by atoms with Gasteiger partial charge in [-0.2, -0.15) is 0 Å². The Kier molecular flexibility index (Phi) is 3.98.